The third-order valence-corrected chi connectivity index (χ3v) is 5.42. The first-order chi connectivity index (χ1) is 13.0. The van der Waals surface area contributed by atoms with Crippen LogP contribution in [-0.4, -0.2) is 36.5 Å². The van der Waals surface area contributed by atoms with Crippen molar-refractivity contribution in [3.63, 3.8) is 0 Å². The van der Waals surface area contributed by atoms with E-state index in [2.05, 4.69) is 38.3 Å². The maximum Gasteiger partial charge on any atom is 0.260 e. The van der Waals surface area contributed by atoms with Gasteiger partial charge < -0.3 is 10.1 Å². The third kappa shape index (κ3) is 5.30. The fourth-order valence-corrected chi connectivity index (χ4v) is 3.79. The molecule has 3 rings (SSSR count). The molecule has 1 aliphatic rings. The van der Waals surface area contributed by atoms with Gasteiger partial charge in [0.25, 0.3) is 5.91 Å². The van der Waals surface area contributed by atoms with Gasteiger partial charge >= 0.3 is 0 Å². The van der Waals surface area contributed by atoms with Crippen LogP contribution in [0.15, 0.2) is 53.0 Å². The second-order valence-electron chi connectivity index (χ2n) is 6.75. The van der Waals surface area contributed by atoms with Crippen LogP contribution in [0.2, 0.25) is 0 Å². The molecule has 1 amide bonds. The first-order valence-electron chi connectivity index (χ1n) is 9.23. The maximum atomic E-state index is 13.2. The van der Waals surface area contributed by atoms with E-state index in [-0.39, 0.29) is 17.8 Å². The largest absolute Gasteiger partial charge is 0.480 e. The molecule has 27 heavy (non-hydrogen) atoms. The molecule has 1 fully saturated rings. The van der Waals surface area contributed by atoms with Crippen molar-refractivity contribution >= 4 is 21.8 Å². The van der Waals surface area contributed by atoms with E-state index in [1.54, 1.807) is 6.92 Å². The van der Waals surface area contributed by atoms with E-state index in [9.17, 15) is 9.18 Å². The Balaban J connectivity index is 1.61. The van der Waals surface area contributed by atoms with Crippen molar-refractivity contribution in [2.75, 3.05) is 19.6 Å². The molecule has 0 spiro atoms. The van der Waals surface area contributed by atoms with Crippen molar-refractivity contribution in [1.82, 2.24) is 10.2 Å². The SMILES string of the molecule is CC(Oc1ccc(F)cc1Br)C(=O)NCC(c1ccccc1)N1CCCC1. The Morgan fingerprint density at radius 3 is 2.59 bits per heavy atom. The topological polar surface area (TPSA) is 41.6 Å². The van der Waals surface area contributed by atoms with Gasteiger partial charge in [-0.15, -0.1) is 0 Å². The number of likely N-dealkylation sites (tertiary alicyclic amines) is 1. The van der Waals surface area contributed by atoms with E-state index in [1.165, 1.54) is 36.6 Å². The van der Waals surface area contributed by atoms with E-state index in [0.29, 0.717) is 16.8 Å². The zero-order valence-corrected chi connectivity index (χ0v) is 16.9. The number of benzene rings is 2. The van der Waals surface area contributed by atoms with Crippen LogP contribution in [0.5, 0.6) is 5.75 Å². The number of carbonyl (C=O) groups excluding carboxylic acids is 1. The van der Waals surface area contributed by atoms with Crippen molar-refractivity contribution in [2.45, 2.75) is 31.9 Å². The van der Waals surface area contributed by atoms with Gasteiger partial charge in [0.05, 0.1) is 10.5 Å². The second kappa shape index (κ2) is 9.33. The molecule has 1 saturated heterocycles. The molecule has 2 aromatic rings. The van der Waals surface area contributed by atoms with Gasteiger partial charge in [-0.05, 0) is 72.5 Å². The van der Waals surface area contributed by atoms with Gasteiger partial charge in [0.2, 0.25) is 0 Å². The second-order valence-corrected chi connectivity index (χ2v) is 7.60. The Hall–Kier alpha value is -1.92. The number of ether oxygens (including phenoxy) is 1. The van der Waals surface area contributed by atoms with Crippen molar-refractivity contribution < 1.29 is 13.9 Å². The molecule has 2 unspecified atom stereocenters. The summed E-state index contributed by atoms with van der Waals surface area (Å²) >= 11 is 3.26. The van der Waals surface area contributed by atoms with Crippen molar-refractivity contribution in [2.24, 2.45) is 0 Å². The first kappa shape index (κ1) is 19.8. The van der Waals surface area contributed by atoms with Crippen LogP contribution in [0.3, 0.4) is 0 Å². The van der Waals surface area contributed by atoms with E-state index in [4.69, 9.17) is 4.74 Å². The van der Waals surface area contributed by atoms with Crippen LogP contribution in [0.25, 0.3) is 0 Å². The van der Waals surface area contributed by atoms with E-state index < -0.39 is 6.10 Å². The summed E-state index contributed by atoms with van der Waals surface area (Å²) < 4.78 is 19.4. The summed E-state index contributed by atoms with van der Waals surface area (Å²) in [5.41, 5.74) is 1.20. The van der Waals surface area contributed by atoms with Gasteiger partial charge in [-0.25, -0.2) is 4.39 Å². The van der Waals surface area contributed by atoms with Crippen LogP contribution in [0.1, 0.15) is 31.4 Å². The first-order valence-corrected chi connectivity index (χ1v) is 10.0. The normalized spacial score (nSPS) is 16.7. The molecule has 2 aromatic carbocycles. The Bertz CT molecular complexity index is 766. The van der Waals surface area contributed by atoms with Crippen molar-refractivity contribution in [1.29, 1.82) is 0 Å². The van der Waals surface area contributed by atoms with Crippen LogP contribution >= 0.6 is 15.9 Å². The molecule has 144 valence electrons. The summed E-state index contributed by atoms with van der Waals surface area (Å²) in [6.07, 6.45) is 1.70. The number of nitrogens with zero attached hydrogens (tertiary/aromatic N) is 1. The molecule has 0 aromatic heterocycles. The highest BCUT2D eigenvalue weighted by Crippen LogP contribution is 2.27. The van der Waals surface area contributed by atoms with E-state index in [0.717, 1.165) is 13.1 Å². The summed E-state index contributed by atoms with van der Waals surface area (Å²) in [6.45, 7) is 4.31. The zero-order valence-electron chi connectivity index (χ0n) is 15.3. The minimum atomic E-state index is -0.679. The summed E-state index contributed by atoms with van der Waals surface area (Å²) in [4.78, 5) is 14.9. The van der Waals surface area contributed by atoms with Crippen LogP contribution < -0.4 is 10.1 Å². The van der Waals surface area contributed by atoms with Gasteiger partial charge in [0.1, 0.15) is 11.6 Å². The number of nitrogens with one attached hydrogen (secondary N) is 1. The minimum absolute atomic E-state index is 0.155. The quantitative estimate of drug-likeness (QED) is 0.705. The number of hydrogen-bond donors (Lipinski definition) is 1. The predicted octanol–water partition coefficient (Wildman–Crippen LogP) is 4.31. The lowest BCUT2D eigenvalue weighted by Crippen LogP contribution is -2.42. The number of carbonyl (C=O) groups is 1. The fourth-order valence-electron chi connectivity index (χ4n) is 3.34. The highest BCUT2D eigenvalue weighted by atomic mass is 79.9. The van der Waals surface area contributed by atoms with Crippen molar-refractivity contribution in [3.8, 4) is 5.75 Å². The molecular formula is C21H24BrFN2O2. The summed E-state index contributed by atoms with van der Waals surface area (Å²) in [6, 6.07) is 14.6. The minimum Gasteiger partial charge on any atom is -0.480 e. The highest BCUT2D eigenvalue weighted by Gasteiger charge is 2.25. The average Bonchev–Trinajstić information content (AvgIpc) is 3.19. The summed E-state index contributed by atoms with van der Waals surface area (Å²) in [5.74, 6) is -0.104. The molecule has 0 radical (unpaired) electrons. The van der Waals surface area contributed by atoms with Crippen LogP contribution in [0, 0.1) is 5.82 Å². The number of hydrogen-bond acceptors (Lipinski definition) is 3. The summed E-state index contributed by atoms with van der Waals surface area (Å²) in [5, 5.41) is 3.01. The standard InChI is InChI=1S/C21H24BrFN2O2/c1-15(27-20-10-9-17(23)13-18(20)22)21(26)24-14-19(25-11-5-6-12-25)16-7-3-2-4-8-16/h2-4,7-10,13,15,19H,5-6,11-12,14H2,1H3,(H,24,26). The Morgan fingerprint density at radius 1 is 1.22 bits per heavy atom. The number of amides is 1. The molecule has 0 aliphatic carbocycles. The van der Waals surface area contributed by atoms with Crippen molar-refractivity contribution in [3.05, 3.63) is 64.4 Å². The molecular weight excluding hydrogens is 411 g/mol. The Morgan fingerprint density at radius 2 is 1.93 bits per heavy atom. The molecule has 0 saturated carbocycles. The fraction of sp³-hybridized carbons (Fsp3) is 0.381. The Kier molecular flexibility index (Phi) is 6.85. The lowest BCUT2D eigenvalue weighted by atomic mass is 10.1. The maximum absolute atomic E-state index is 13.2. The predicted molar refractivity (Wildman–Crippen MR) is 107 cm³/mol. The van der Waals surface area contributed by atoms with Gasteiger partial charge in [-0.1, -0.05) is 30.3 Å². The molecule has 1 aliphatic heterocycles. The van der Waals surface area contributed by atoms with E-state index >= 15 is 0 Å². The van der Waals surface area contributed by atoms with Crippen LogP contribution in [0.4, 0.5) is 4.39 Å². The zero-order chi connectivity index (χ0) is 19.2. The Labute approximate surface area is 167 Å². The molecule has 4 nitrogen and oxygen atoms in total. The molecule has 0 bridgehead atoms. The number of rotatable bonds is 7. The van der Waals surface area contributed by atoms with E-state index in [1.807, 2.05) is 18.2 Å². The van der Waals surface area contributed by atoms with Gasteiger partial charge in [0.15, 0.2) is 6.10 Å². The van der Waals surface area contributed by atoms with Gasteiger partial charge in [-0.3, -0.25) is 9.69 Å². The van der Waals surface area contributed by atoms with Crippen LogP contribution in [-0.2, 0) is 4.79 Å². The smallest absolute Gasteiger partial charge is 0.260 e. The number of halogens is 2. The molecule has 1 heterocycles. The van der Waals surface area contributed by atoms with Gasteiger partial charge in [0, 0.05) is 6.54 Å². The lowest BCUT2D eigenvalue weighted by molar-refractivity contribution is -0.127. The molecule has 2 atom stereocenters. The lowest BCUT2D eigenvalue weighted by Gasteiger charge is -2.28. The molecule has 6 heteroatoms. The highest BCUT2D eigenvalue weighted by molar-refractivity contribution is 9.10. The van der Waals surface area contributed by atoms with Gasteiger partial charge in [-0.2, -0.15) is 0 Å². The summed E-state index contributed by atoms with van der Waals surface area (Å²) in [7, 11) is 0. The average molecular weight is 435 g/mol. The third-order valence-electron chi connectivity index (χ3n) is 4.80. The molecule has 1 N–H and O–H groups in total. The monoisotopic (exact) mass is 434 g/mol.